The second kappa shape index (κ2) is 14.1. The van der Waals surface area contributed by atoms with Gasteiger partial charge in [0, 0.05) is 29.1 Å². The molecule has 2 aliphatic carbocycles. The van der Waals surface area contributed by atoms with Crippen molar-refractivity contribution in [3.05, 3.63) is 247 Å². The molecular formula is C58H37N3. The molecule has 0 saturated heterocycles. The molecule has 3 nitrogen and oxygen atoms in total. The van der Waals surface area contributed by atoms with Crippen molar-refractivity contribution in [3.63, 3.8) is 0 Å². The average Bonchev–Trinajstić information content (AvgIpc) is 3.82. The standard InChI is InChI=1S/C58H37N3/c1-2-14-40(15-3-1)57-60-54(39-31-29-38(30-32-39)45-20-13-33-59-37-45)36-55(61-57)44-19-11-17-42(35-44)41-16-10-18-43(34-41)46-24-12-28-53-56(46)49-23-6-9-27-52(49)58(53)50-25-7-4-21-47(50)48-22-5-8-26-51(48)58/h1-37H. The van der Waals surface area contributed by atoms with Gasteiger partial charge in [0.25, 0.3) is 0 Å². The molecule has 2 heterocycles. The lowest BCUT2D eigenvalue weighted by Gasteiger charge is -2.30. The molecule has 0 saturated carbocycles. The second-order valence-electron chi connectivity index (χ2n) is 15.9. The van der Waals surface area contributed by atoms with E-state index in [9.17, 15) is 0 Å². The molecule has 284 valence electrons. The lowest BCUT2D eigenvalue weighted by molar-refractivity contribution is 0.794. The third kappa shape index (κ3) is 5.55. The fourth-order valence-corrected chi connectivity index (χ4v) is 9.93. The summed E-state index contributed by atoms with van der Waals surface area (Å²) in [5, 5.41) is 0. The number of pyridine rings is 1. The predicted molar refractivity (Wildman–Crippen MR) is 249 cm³/mol. The highest BCUT2D eigenvalue weighted by atomic mass is 14.9. The Hall–Kier alpha value is -8.01. The summed E-state index contributed by atoms with van der Waals surface area (Å²) < 4.78 is 0. The zero-order chi connectivity index (χ0) is 40.3. The smallest absolute Gasteiger partial charge is 0.160 e. The van der Waals surface area contributed by atoms with Gasteiger partial charge in [-0.1, -0.05) is 188 Å². The summed E-state index contributed by atoms with van der Waals surface area (Å²) in [7, 11) is 0. The van der Waals surface area contributed by atoms with Crippen LogP contribution in [0.3, 0.4) is 0 Å². The first-order valence-electron chi connectivity index (χ1n) is 20.8. The van der Waals surface area contributed by atoms with Crippen molar-refractivity contribution in [3.8, 4) is 89.5 Å². The van der Waals surface area contributed by atoms with Gasteiger partial charge < -0.3 is 0 Å². The molecule has 1 spiro atoms. The van der Waals surface area contributed by atoms with Gasteiger partial charge in [-0.2, -0.15) is 0 Å². The van der Waals surface area contributed by atoms with Crippen LogP contribution in [0, 0.1) is 0 Å². The SMILES string of the molecule is c1ccc(-c2nc(-c3ccc(-c4cccnc4)cc3)cc(-c3cccc(-c4cccc(-c5cccc6c5-c5ccccc5C65c6ccccc6-c6ccccc65)c4)c3)n2)cc1. The van der Waals surface area contributed by atoms with Gasteiger partial charge in [-0.05, 0) is 102 Å². The van der Waals surface area contributed by atoms with Crippen LogP contribution >= 0.6 is 0 Å². The Morgan fingerprint density at radius 3 is 1.48 bits per heavy atom. The summed E-state index contributed by atoms with van der Waals surface area (Å²) in [6.45, 7) is 0. The summed E-state index contributed by atoms with van der Waals surface area (Å²) in [5.41, 5.74) is 22.0. The van der Waals surface area contributed by atoms with E-state index in [0.717, 1.165) is 50.3 Å². The van der Waals surface area contributed by atoms with Crippen molar-refractivity contribution >= 4 is 0 Å². The highest BCUT2D eigenvalue weighted by Crippen LogP contribution is 2.64. The third-order valence-electron chi connectivity index (χ3n) is 12.6. The summed E-state index contributed by atoms with van der Waals surface area (Å²) in [6.07, 6.45) is 3.69. The minimum absolute atomic E-state index is 0.378. The largest absolute Gasteiger partial charge is 0.264 e. The van der Waals surface area contributed by atoms with Crippen molar-refractivity contribution in [2.45, 2.75) is 5.41 Å². The number of fused-ring (bicyclic) bond motifs is 10. The van der Waals surface area contributed by atoms with Crippen molar-refractivity contribution in [1.82, 2.24) is 15.0 Å². The van der Waals surface area contributed by atoms with Crippen LogP contribution in [-0.4, -0.2) is 15.0 Å². The van der Waals surface area contributed by atoms with Gasteiger partial charge in [-0.3, -0.25) is 4.98 Å². The number of rotatable bonds is 6. The Bertz CT molecular complexity index is 3250. The zero-order valence-electron chi connectivity index (χ0n) is 33.2. The number of aromatic nitrogens is 3. The fraction of sp³-hybridized carbons (Fsp3) is 0.0172. The van der Waals surface area contributed by atoms with Crippen LogP contribution in [0.4, 0.5) is 0 Å². The van der Waals surface area contributed by atoms with Crippen molar-refractivity contribution in [2.24, 2.45) is 0 Å². The van der Waals surface area contributed by atoms with E-state index in [1.165, 1.54) is 55.6 Å². The topological polar surface area (TPSA) is 38.7 Å². The van der Waals surface area contributed by atoms with Gasteiger partial charge in [-0.25, -0.2) is 9.97 Å². The molecule has 12 rings (SSSR count). The Morgan fingerprint density at radius 2 is 0.787 bits per heavy atom. The van der Waals surface area contributed by atoms with Gasteiger partial charge in [0.05, 0.1) is 16.8 Å². The molecule has 0 unspecified atom stereocenters. The highest BCUT2D eigenvalue weighted by molar-refractivity contribution is 6.00. The summed E-state index contributed by atoms with van der Waals surface area (Å²) in [6, 6.07) is 76.6. The number of benzene rings is 8. The van der Waals surface area contributed by atoms with E-state index in [0.29, 0.717) is 5.82 Å². The first-order chi connectivity index (χ1) is 30.2. The molecule has 0 radical (unpaired) electrons. The molecule has 2 aliphatic rings. The van der Waals surface area contributed by atoms with Crippen molar-refractivity contribution in [1.29, 1.82) is 0 Å². The highest BCUT2D eigenvalue weighted by Gasteiger charge is 2.51. The number of hydrogen-bond acceptors (Lipinski definition) is 3. The van der Waals surface area contributed by atoms with Crippen LogP contribution in [0.5, 0.6) is 0 Å². The monoisotopic (exact) mass is 775 g/mol. The van der Waals surface area contributed by atoms with Crippen LogP contribution in [-0.2, 0) is 5.41 Å². The molecular weight excluding hydrogens is 739 g/mol. The van der Waals surface area contributed by atoms with E-state index in [-0.39, 0.29) is 5.41 Å². The van der Waals surface area contributed by atoms with Crippen LogP contribution < -0.4 is 0 Å². The lowest BCUT2D eigenvalue weighted by Crippen LogP contribution is -2.25. The van der Waals surface area contributed by atoms with E-state index in [1.807, 2.05) is 30.5 Å². The zero-order valence-corrected chi connectivity index (χ0v) is 33.2. The molecule has 2 aromatic heterocycles. The average molecular weight is 776 g/mol. The Kier molecular flexibility index (Phi) is 8.07. The molecule has 61 heavy (non-hydrogen) atoms. The van der Waals surface area contributed by atoms with Gasteiger partial charge in [-0.15, -0.1) is 0 Å². The predicted octanol–water partition coefficient (Wildman–Crippen LogP) is 14.2. The van der Waals surface area contributed by atoms with Gasteiger partial charge in [0.1, 0.15) is 0 Å². The molecule has 10 aromatic rings. The molecule has 0 bridgehead atoms. The van der Waals surface area contributed by atoms with Crippen molar-refractivity contribution in [2.75, 3.05) is 0 Å². The molecule has 0 aliphatic heterocycles. The molecule has 0 N–H and O–H groups in total. The number of hydrogen-bond donors (Lipinski definition) is 0. The summed E-state index contributed by atoms with van der Waals surface area (Å²) in [4.78, 5) is 14.6. The first-order valence-corrected chi connectivity index (χ1v) is 20.8. The molecule has 0 amide bonds. The van der Waals surface area contributed by atoms with Crippen LogP contribution in [0.25, 0.3) is 89.5 Å². The summed E-state index contributed by atoms with van der Waals surface area (Å²) in [5.74, 6) is 0.695. The minimum atomic E-state index is -0.378. The van der Waals surface area contributed by atoms with E-state index in [4.69, 9.17) is 9.97 Å². The van der Waals surface area contributed by atoms with E-state index in [1.54, 1.807) is 6.20 Å². The van der Waals surface area contributed by atoms with E-state index >= 15 is 0 Å². The summed E-state index contributed by atoms with van der Waals surface area (Å²) >= 11 is 0. The molecule has 8 aromatic carbocycles. The Labute approximate surface area is 355 Å². The van der Waals surface area contributed by atoms with Gasteiger partial charge >= 0.3 is 0 Å². The second-order valence-corrected chi connectivity index (χ2v) is 15.9. The van der Waals surface area contributed by atoms with Crippen LogP contribution in [0.2, 0.25) is 0 Å². The molecule has 0 fully saturated rings. The maximum absolute atomic E-state index is 5.17. The van der Waals surface area contributed by atoms with E-state index in [2.05, 4.69) is 193 Å². The van der Waals surface area contributed by atoms with Crippen molar-refractivity contribution < 1.29 is 0 Å². The first kappa shape index (κ1) is 35.0. The van der Waals surface area contributed by atoms with E-state index < -0.39 is 0 Å². The van der Waals surface area contributed by atoms with Crippen LogP contribution in [0.15, 0.2) is 225 Å². The Balaban J connectivity index is 0.962. The third-order valence-corrected chi connectivity index (χ3v) is 12.6. The van der Waals surface area contributed by atoms with Gasteiger partial charge in [0.15, 0.2) is 5.82 Å². The maximum Gasteiger partial charge on any atom is 0.160 e. The van der Waals surface area contributed by atoms with Crippen LogP contribution in [0.1, 0.15) is 22.3 Å². The quantitative estimate of drug-likeness (QED) is 0.169. The number of nitrogens with zero attached hydrogens (tertiary/aromatic N) is 3. The lowest BCUT2D eigenvalue weighted by atomic mass is 9.70. The molecule has 3 heteroatoms. The minimum Gasteiger partial charge on any atom is -0.264 e. The Morgan fingerprint density at radius 1 is 0.295 bits per heavy atom. The maximum atomic E-state index is 5.17. The molecule has 0 atom stereocenters. The fourth-order valence-electron chi connectivity index (χ4n) is 9.93. The normalized spacial score (nSPS) is 12.7. The van der Waals surface area contributed by atoms with Gasteiger partial charge in [0.2, 0.25) is 0 Å².